The van der Waals surface area contributed by atoms with Gasteiger partial charge in [0.1, 0.15) is 4.99 Å². The van der Waals surface area contributed by atoms with Crippen molar-refractivity contribution >= 4 is 28.8 Å². The number of anilines is 1. The first-order valence-electron chi connectivity index (χ1n) is 7.34. The molecule has 5 heteroatoms. The van der Waals surface area contributed by atoms with Crippen LogP contribution in [0.5, 0.6) is 0 Å². The maximum atomic E-state index is 12.5. The minimum absolute atomic E-state index is 0.0139. The van der Waals surface area contributed by atoms with Gasteiger partial charge < -0.3 is 11.1 Å². The van der Waals surface area contributed by atoms with Gasteiger partial charge in [-0.1, -0.05) is 38.2 Å². The largest absolute Gasteiger partial charge is 0.389 e. The number of nitrogens with one attached hydrogen (secondary N) is 1. The van der Waals surface area contributed by atoms with E-state index < -0.39 is 0 Å². The lowest BCUT2D eigenvalue weighted by molar-refractivity contribution is -0.120. The number of carbonyl (C=O) groups excluding carboxylic acids is 1. The second-order valence-electron chi connectivity index (χ2n) is 5.98. The van der Waals surface area contributed by atoms with E-state index in [2.05, 4.69) is 24.1 Å². The molecule has 0 bridgehead atoms. The number of hydrogen-bond acceptors (Lipinski definition) is 3. The van der Waals surface area contributed by atoms with Gasteiger partial charge in [0.25, 0.3) is 0 Å². The first kappa shape index (κ1) is 15.9. The summed E-state index contributed by atoms with van der Waals surface area (Å²) in [5.41, 5.74) is 7.08. The summed E-state index contributed by atoms with van der Waals surface area (Å²) in [4.78, 5) is 15.0. The molecular weight excluding hydrogens is 282 g/mol. The number of thiocarbonyl (C=S) groups is 1. The average molecular weight is 305 g/mol. The van der Waals surface area contributed by atoms with Crippen molar-refractivity contribution in [2.45, 2.75) is 26.8 Å². The van der Waals surface area contributed by atoms with Crippen molar-refractivity contribution in [1.29, 1.82) is 0 Å². The molecule has 0 radical (unpaired) electrons. The Morgan fingerprint density at radius 2 is 1.90 bits per heavy atom. The second-order valence-corrected chi connectivity index (χ2v) is 6.42. The van der Waals surface area contributed by atoms with E-state index in [0.29, 0.717) is 28.1 Å². The lowest BCUT2D eigenvalue weighted by Gasteiger charge is -2.24. The number of hydrogen-bond donors (Lipinski definition) is 2. The molecule has 2 rings (SSSR count). The first-order valence-corrected chi connectivity index (χ1v) is 7.74. The van der Waals surface area contributed by atoms with Crippen LogP contribution >= 0.6 is 12.2 Å². The highest BCUT2D eigenvalue weighted by Crippen LogP contribution is 2.24. The highest BCUT2D eigenvalue weighted by Gasteiger charge is 2.32. The molecule has 1 aliphatic heterocycles. The van der Waals surface area contributed by atoms with E-state index in [-0.39, 0.29) is 11.9 Å². The Morgan fingerprint density at radius 1 is 1.33 bits per heavy atom. The van der Waals surface area contributed by atoms with Gasteiger partial charge in [-0.3, -0.25) is 9.69 Å². The van der Waals surface area contributed by atoms with E-state index >= 15 is 0 Å². The zero-order chi connectivity index (χ0) is 15.6. The zero-order valence-corrected chi connectivity index (χ0v) is 13.6. The summed E-state index contributed by atoms with van der Waals surface area (Å²) in [7, 11) is 0. The predicted molar refractivity (Wildman–Crippen MR) is 90.3 cm³/mol. The molecule has 4 nitrogen and oxygen atoms in total. The van der Waals surface area contributed by atoms with E-state index in [1.807, 2.05) is 31.2 Å². The van der Waals surface area contributed by atoms with Crippen molar-refractivity contribution < 1.29 is 4.79 Å². The van der Waals surface area contributed by atoms with Crippen molar-refractivity contribution in [3.63, 3.8) is 0 Å². The first-order chi connectivity index (χ1) is 9.90. The van der Waals surface area contributed by atoms with Gasteiger partial charge in [0.2, 0.25) is 5.91 Å². The molecule has 3 N–H and O–H groups in total. The van der Waals surface area contributed by atoms with Gasteiger partial charge in [-0.25, -0.2) is 0 Å². The third-order valence-corrected chi connectivity index (χ3v) is 4.61. The number of nitrogens with two attached hydrogens (primary N) is 1. The summed E-state index contributed by atoms with van der Waals surface area (Å²) in [6.07, 6.45) is 0. The fourth-order valence-corrected chi connectivity index (χ4v) is 2.88. The molecule has 1 aromatic rings. The van der Waals surface area contributed by atoms with Crippen LogP contribution in [-0.4, -0.2) is 34.9 Å². The number of nitrogens with zero attached hydrogens (tertiary/aromatic N) is 1. The zero-order valence-electron chi connectivity index (χ0n) is 12.8. The number of amides is 1. The normalized spacial score (nSPS) is 23.8. The van der Waals surface area contributed by atoms with E-state index in [1.165, 1.54) is 0 Å². The summed E-state index contributed by atoms with van der Waals surface area (Å²) in [5.74, 6) is 1.24. The molecule has 1 heterocycles. The van der Waals surface area contributed by atoms with Crippen LogP contribution in [-0.2, 0) is 4.79 Å². The fraction of sp³-hybridized carbons (Fsp3) is 0.500. The maximum absolute atomic E-state index is 12.5. The second kappa shape index (κ2) is 6.54. The molecule has 0 spiro atoms. The van der Waals surface area contributed by atoms with Crippen LogP contribution in [0.25, 0.3) is 0 Å². The lowest BCUT2D eigenvalue weighted by atomic mass is 10.0. The van der Waals surface area contributed by atoms with Crippen LogP contribution in [0.1, 0.15) is 26.3 Å². The van der Waals surface area contributed by atoms with Crippen LogP contribution in [0.2, 0.25) is 0 Å². The molecule has 114 valence electrons. The van der Waals surface area contributed by atoms with Crippen molar-refractivity contribution in [3.05, 3.63) is 29.8 Å². The Kier molecular flexibility index (Phi) is 4.96. The Hall–Kier alpha value is -1.46. The van der Waals surface area contributed by atoms with Crippen LogP contribution in [0, 0.1) is 11.8 Å². The maximum Gasteiger partial charge on any atom is 0.241 e. The summed E-state index contributed by atoms with van der Waals surface area (Å²) in [6, 6.07) is 7.22. The van der Waals surface area contributed by atoms with E-state index in [1.54, 1.807) is 0 Å². The molecule has 3 unspecified atom stereocenters. The average Bonchev–Trinajstić information content (AvgIpc) is 2.78. The van der Waals surface area contributed by atoms with Crippen molar-refractivity contribution in [2.75, 3.05) is 18.4 Å². The predicted octanol–water partition coefficient (Wildman–Crippen LogP) is 2.24. The van der Waals surface area contributed by atoms with Gasteiger partial charge in [-0.05, 0) is 30.9 Å². The van der Waals surface area contributed by atoms with Crippen LogP contribution < -0.4 is 11.1 Å². The van der Waals surface area contributed by atoms with Gasteiger partial charge in [0.15, 0.2) is 0 Å². The molecule has 1 amide bonds. The van der Waals surface area contributed by atoms with Crippen molar-refractivity contribution in [2.24, 2.45) is 17.6 Å². The molecule has 1 aromatic carbocycles. The number of likely N-dealkylation sites (tertiary alicyclic amines) is 1. The molecule has 1 aliphatic rings. The molecule has 21 heavy (non-hydrogen) atoms. The molecular formula is C16H23N3OS. The molecule has 0 saturated carbocycles. The molecule has 0 aromatic heterocycles. The van der Waals surface area contributed by atoms with E-state index in [0.717, 1.165) is 13.1 Å². The summed E-state index contributed by atoms with van der Waals surface area (Å²) < 4.78 is 0. The van der Waals surface area contributed by atoms with Gasteiger partial charge in [0.05, 0.1) is 11.7 Å². The minimum atomic E-state index is -0.156. The summed E-state index contributed by atoms with van der Waals surface area (Å²) in [5, 5.41) is 2.95. The third-order valence-electron chi connectivity index (χ3n) is 4.39. The Balaban J connectivity index is 2.06. The highest BCUT2D eigenvalue weighted by molar-refractivity contribution is 7.80. The Labute approximate surface area is 131 Å². The number of carbonyl (C=O) groups is 1. The van der Waals surface area contributed by atoms with Gasteiger partial charge in [-0.15, -0.1) is 0 Å². The van der Waals surface area contributed by atoms with Crippen LogP contribution in [0.15, 0.2) is 24.3 Å². The monoisotopic (exact) mass is 305 g/mol. The number of benzene rings is 1. The lowest BCUT2D eigenvalue weighted by Crippen LogP contribution is -2.41. The quantitative estimate of drug-likeness (QED) is 0.838. The SMILES string of the molecule is CC1CN(C(C)C(=O)Nc2ccccc2C(N)=S)CC1C. The van der Waals surface area contributed by atoms with Gasteiger partial charge in [-0.2, -0.15) is 0 Å². The van der Waals surface area contributed by atoms with Gasteiger partial charge >= 0.3 is 0 Å². The standard InChI is InChI=1S/C16H23N3OS/c1-10-8-19(9-11(10)2)12(3)16(20)18-14-7-5-4-6-13(14)15(17)21/h4-7,10-12H,8-9H2,1-3H3,(H2,17,21)(H,18,20). The topological polar surface area (TPSA) is 58.4 Å². The molecule has 0 aliphatic carbocycles. The van der Waals surface area contributed by atoms with Crippen molar-refractivity contribution in [3.8, 4) is 0 Å². The van der Waals surface area contributed by atoms with E-state index in [9.17, 15) is 4.79 Å². The number of rotatable bonds is 4. The Bertz CT molecular complexity index is 536. The van der Waals surface area contributed by atoms with Gasteiger partial charge in [0, 0.05) is 18.7 Å². The Morgan fingerprint density at radius 3 is 2.48 bits per heavy atom. The fourth-order valence-electron chi connectivity index (χ4n) is 2.70. The summed E-state index contributed by atoms with van der Waals surface area (Å²) >= 11 is 5.02. The van der Waals surface area contributed by atoms with Crippen molar-refractivity contribution in [1.82, 2.24) is 4.90 Å². The third kappa shape index (κ3) is 3.60. The molecule has 1 fully saturated rings. The molecule has 1 saturated heterocycles. The molecule has 3 atom stereocenters. The summed E-state index contributed by atoms with van der Waals surface area (Å²) in [6.45, 7) is 8.35. The van der Waals surface area contributed by atoms with Crippen LogP contribution in [0.4, 0.5) is 5.69 Å². The minimum Gasteiger partial charge on any atom is -0.389 e. The van der Waals surface area contributed by atoms with Crippen LogP contribution in [0.3, 0.4) is 0 Å². The number of para-hydroxylation sites is 1. The highest BCUT2D eigenvalue weighted by atomic mass is 32.1. The smallest absolute Gasteiger partial charge is 0.241 e. The van der Waals surface area contributed by atoms with E-state index in [4.69, 9.17) is 18.0 Å².